The molecule has 27 heavy (non-hydrogen) atoms. The molecular weight excluding hydrogens is 351 g/mol. The van der Waals surface area contributed by atoms with Gasteiger partial charge in [-0.1, -0.05) is 6.07 Å². The van der Waals surface area contributed by atoms with Gasteiger partial charge in [-0.05, 0) is 50.1 Å². The molecule has 1 amide bonds. The Morgan fingerprint density at radius 2 is 2.07 bits per heavy atom. The number of carbonyl (C=O) groups excluding carboxylic acids is 2. The molecule has 2 heterocycles. The summed E-state index contributed by atoms with van der Waals surface area (Å²) in [7, 11) is 1.48. The summed E-state index contributed by atoms with van der Waals surface area (Å²) < 4.78 is 24.4. The molecule has 1 aliphatic rings. The Bertz CT molecular complexity index is 913. The van der Waals surface area contributed by atoms with Crippen molar-refractivity contribution >= 4 is 17.6 Å². The maximum absolute atomic E-state index is 13.9. The van der Waals surface area contributed by atoms with Crippen molar-refractivity contribution < 1.29 is 23.5 Å². The van der Waals surface area contributed by atoms with Crippen molar-refractivity contribution in [2.24, 2.45) is 0 Å². The van der Waals surface area contributed by atoms with Gasteiger partial charge in [-0.2, -0.15) is 0 Å². The molecule has 7 heteroatoms. The van der Waals surface area contributed by atoms with Gasteiger partial charge in [-0.3, -0.25) is 14.5 Å². The average molecular weight is 372 g/mol. The molecule has 1 aromatic heterocycles. The predicted molar refractivity (Wildman–Crippen MR) is 98.3 cm³/mol. The summed E-state index contributed by atoms with van der Waals surface area (Å²) >= 11 is 0. The Morgan fingerprint density at radius 1 is 1.33 bits per heavy atom. The van der Waals surface area contributed by atoms with E-state index in [0.717, 1.165) is 0 Å². The van der Waals surface area contributed by atoms with Crippen molar-refractivity contribution in [3.8, 4) is 17.0 Å². The van der Waals surface area contributed by atoms with Crippen LogP contribution in [-0.4, -0.2) is 37.1 Å². The normalized spacial score (nSPS) is 15.7. The number of aromatic nitrogens is 1. The molecule has 0 spiro atoms. The number of benzene rings is 1. The molecule has 0 fully saturated rings. The van der Waals surface area contributed by atoms with Crippen LogP contribution in [0.5, 0.6) is 5.88 Å². The number of ether oxygens (including phenoxy) is 2. The third kappa shape index (κ3) is 3.37. The first kappa shape index (κ1) is 18.8. The summed E-state index contributed by atoms with van der Waals surface area (Å²) in [6.45, 7) is 5.14. The molecule has 1 aliphatic heterocycles. The minimum absolute atomic E-state index is 0.216. The van der Waals surface area contributed by atoms with Gasteiger partial charge in [0.1, 0.15) is 12.4 Å². The highest BCUT2D eigenvalue weighted by atomic mass is 19.1. The number of amides is 1. The smallest absolute Gasteiger partial charge is 0.326 e. The molecule has 1 unspecified atom stereocenters. The number of aryl methyl sites for hydroxylation is 1. The highest BCUT2D eigenvalue weighted by molar-refractivity contribution is 6.08. The first-order chi connectivity index (χ1) is 12.9. The average Bonchev–Trinajstić information content (AvgIpc) is 2.71. The highest BCUT2D eigenvalue weighted by Gasteiger charge is 2.35. The number of methoxy groups -OCH3 is 1. The van der Waals surface area contributed by atoms with Crippen LogP contribution >= 0.6 is 0 Å². The van der Waals surface area contributed by atoms with E-state index in [2.05, 4.69) is 4.98 Å². The number of nitrogens with zero attached hydrogens (tertiary/aromatic N) is 2. The lowest BCUT2D eigenvalue weighted by Gasteiger charge is -2.24. The first-order valence-electron chi connectivity index (χ1n) is 8.69. The van der Waals surface area contributed by atoms with Crippen molar-refractivity contribution in [1.82, 2.24) is 4.98 Å². The summed E-state index contributed by atoms with van der Waals surface area (Å²) in [5, 5.41) is 0. The van der Waals surface area contributed by atoms with Gasteiger partial charge in [0.15, 0.2) is 0 Å². The molecule has 6 nitrogen and oxygen atoms in total. The number of rotatable bonds is 4. The van der Waals surface area contributed by atoms with Crippen molar-refractivity contribution in [3.05, 3.63) is 41.3 Å². The zero-order valence-electron chi connectivity index (χ0n) is 15.7. The van der Waals surface area contributed by atoms with Gasteiger partial charge in [0.05, 0.1) is 30.9 Å². The highest BCUT2D eigenvalue weighted by Crippen LogP contribution is 2.45. The second-order valence-corrected chi connectivity index (χ2v) is 6.35. The van der Waals surface area contributed by atoms with E-state index in [4.69, 9.17) is 9.47 Å². The van der Waals surface area contributed by atoms with Crippen LogP contribution in [0, 0.1) is 12.7 Å². The number of hydrogen-bond acceptors (Lipinski definition) is 5. The monoisotopic (exact) mass is 372 g/mol. The topological polar surface area (TPSA) is 68.7 Å². The molecule has 3 rings (SSSR count). The van der Waals surface area contributed by atoms with Gasteiger partial charge in [0.2, 0.25) is 11.8 Å². The van der Waals surface area contributed by atoms with Gasteiger partial charge in [0.25, 0.3) is 0 Å². The lowest BCUT2D eigenvalue weighted by molar-refractivity contribution is -0.142. The molecule has 2 aromatic rings. The minimum Gasteiger partial charge on any atom is -0.480 e. The van der Waals surface area contributed by atoms with E-state index in [0.29, 0.717) is 34.0 Å². The fourth-order valence-electron chi connectivity index (χ4n) is 3.35. The molecule has 0 N–H and O–H groups in total. The van der Waals surface area contributed by atoms with Gasteiger partial charge >= 0.3 is 5.97 Å². The zero-order chi connectivity index (χ0) is 19.7. The number of pyridine rings is 1. The van der Waals surface area contributed by atoms with Crippen LogP contribution < -0.4 is 9.64 Å². The molecule has 142 valence electrons. The number of anilines is 1. The maximum atomic E-state index is 13.9. The Hall–Kier alpha value is -2.96. The number of halogens is 1. The second kappa shape index (κ2) is 7.34. The van der Waals surface area contributed by atoms with Crippen molar-refractivity contribution in [2.45, 2.75) is 26.7 Å². The summed E-state index contributed by atoms with van der Waals surface area (Å²) in [5.41, 5.74) is 2.86. The SMILES string of the molecule is CCOC(=O)CN1C(=O)C(C)c2cc(F)ccc2-c2c1cc(C)nc2OC. The van der Waals surface area contributed by atoms with Crippen LogP contribution in [0.15, 0.2) is 24.3 Å². The van der Waals surface area contributed by atoms with Crippen LogP contribution in [0.3, 0.4) is 0 Å². The predicted octanol–water partition coefficient (Wildman–Crippen LogP) is 3.22. The third-order valence-corrected chi connectivity index (χ3v) is 4.56. The molecule has 0 radical (unpaired) electrons. The van der Waals surface area contributed by atoms with E-state index in [1.807, 2.05) is 0 Å². The summed E-state index contributed by atoms with van der Waals surface area (Å²) in [6, 6.07) is 6.01. The lowest BCUT2D eigenvalue weighted by Crippen LogP contribution is -2.38. The lowest BCUT2D eigenvalue weighted by atomic mass is 9.92. The molecule has 0 saturated carbocycles. The number of hydrogen-bond donors (Lipinski definition) is 0. The van der Waals surface area contributed by atoms with Crippen LogP contribution in [0.2, 0.25) is 0 Å². The first-order valence-corrected chi connectivity index (χ1v) is 8.69. The fraction of sp³-hybridized carbons (Fsp3) is 0.350. The van der Waals surface area contributed by atoms with E-state index in [1.54, 1.807) is 32.9 Å². The number of esters is 1. The summed E-state index contributed by atoms with van der Waals surface area (Å²) in [4.78, 5) is 31.1. The van der Waals surface area contributed by atoms with E-state index in [-0.39, 0.29) is 19.1 Å². The maximum Gasteiger partial charge on any atom is 0.326 e. The van der Waals surface area contributed by atoms with Crippen LogP contribution in [0.25, 0.3) is 11.1 Å². The van der Waals surface area contributed by atoms with Crippen LogP contribution in [0.4, 0.5) is 10.1 Å². The summed E-state index contributed by atoms with van der Waals surface area (Å²) in [6.07, 6.45) is 0. The third-order valence-electron chi connectivity index (χ3n) is 4.56. The van der Waals surface area contributed by atoms with Gasteiger partial charge in [-0.15, -0.1) is 0 Å². The van der Waals surface area contributed by atoms with Gasteiger partial charge in [-0.25, -0.2) is 9.37 Å². The van der Waals surface area contributed by atoms with E-state index in [9.17, 15) is 14.0 Å². The van der Waals surface area contributed by atoms with Crippen molar-refractivity contribution in [2.75, 3.05) is 25.2 Å². The number of fused-ring (bicyclic) bond motifs is 3. The summed E-state index contributed by atoms with van der Waals surface area (Å²) in [5.74, 6) is -1.61. The van der Waals surface area contributed by atoms with E-state index in [1.165, 1.54) is 24.1 Å². The van der Waals surface area contributed by atoms with Crippen LogP contribution in [0.1, 0.15) is 31.0 Å². The van der Waals surface area contributed by atoms with Gasteiger partial charge in [0, 0.05) is 5.69 Å². The Kier molecular flexibility index (Phi) is 5.12. The number of carbonyl (C=O) groups is 2. The standard InChI is InChI=1S/C20H21FN2O4/c1-5-27-17(24)10-23-16-8-11(2)22-19(26-4)18(16)14-7-6-13(21)9-15(14)12(3)20(23)25/h6-9,12H,5,10H2,1-4H3. The molecule has 0 bridgehead atoms. The Balaban J connectivity index is 2.29. The minimum atomic E-state index is -0.650. The fourth-order valence-corrected chi connectivity index (χ4v) is 3.35. The quantitative estimate of drug-likeness (QED) is 0.771. The Morgan fingerprint density at radius 3 is 2.74 bits per heavy atom. The molecule has 1 aromatic carbocycles. The zero-order valence-corrected chi connectivity index (χ0v) is 15.7. The molecule has 0 saturated heterocycles. The molecular formula is C20H21FN2O4. The van der Waals surface area contributed by atoms with Crippen molar-refractivity contribution in [1.29, 1.82) is 0 Å². The van der Waals surface area contributed by atoms with E-state index < -0.39 is 17.7 Å². The van der Waals surface area contributed by atoms with Gasteiger partial charge < -0.3 is 9.47 Å². The van der Waals surface area contributed by atoms with Crippen LogP contribution in [-0.2, 0) is 14.3 Å². The Labute approximate surface area is 156 Å². The van der Waals surface area contributed by atoms with Crippen molar-refractivity contribution in [3.63, 3.8) is 0 Å². The van der Waals surface area contributed by atoms with E-state index >= 15 is 0 Å². The largest absolute Gasteiger partial charge is 0.480 e. The molecule has 0 aliphatic carbocycles. The molecule has 1 atom stereocenters. The second-order valence-electron chi connectivity index (χ2n) is 6.35.